The average Bonchev–Trinajstić information content (AvgIpc) is 2.73. The minimum Gasteiger partial charge on any atom is -0.506 e. The molecule has 0 unspecified atom stereocenters. The predicted octanol–water partition coefficient (Wildman–Crippen LogP) is 7.99. The van der Waals surface area contributed by atoms with Crippen LogP contribution in [0.4, 0.5) is 17.1 Å². The second kappa shape index (κ2) is 8.71. The van der Waals surface area contributed by atoms with Gasteiger partial charge >= 0.3 is 5.69 Å². The molecule has 3 aromatic carbocycles. The van der Waals surface area contributed by atoms with E-state index in [1.807, 2.05) is 71.0 Å². The fourth-order valence-electron chi connectivity index (χ4n) is 3.59. The van der Waals surface area contributed by atoms with Crippen LogP contribution in [0.2, 0.25) is 5.02 Å². The quantitative estimate of drug-likeness (QED) is 0.242. The van der Waals surface area contributed by atoms with Gasteiger partial charge in [0.1, 0.15) is 11.4 Å². The maximum atomic E-state index is 12.1. The van der Waals surface area contributed by atoms with E-state index < -0.39 is 10.3 Å². The molecule has 32 heavy (non-hydrogen) atoms. The fourth-order valence-corrected chi connectivity index (χ4v) is 3.98. The number of phenolic OH excluding ortho intramolecular Hbond substituents is 1. The monoisotopic (exact) mass is 451 g/mol. The molecule has 0 heterocycles. The summed E-state index contributed by atoms with van der Waals surface area (Å²) in [6.07, 6.45) is 0. The molecule has 0 amide bonds. The van der Waals surface area contributed by atoms with Crippen molar-refractivity contribution >= 4 is 28.7 Å². The number of halogens is 1. The number of hydrogen-bond acceptors (Lipinski definition) is 5. The van der Waals surface area contributed by atoms with Crippen molar-refractivity contribution in [2.24, 2.45) is 10.2 Å². The predicted molar refractivity (Wildman–Crippen MR) is 128 cm³/mol. The lowest BCUT2D eigenvalue weighted by atomic mass is 9.77. The Morgan fingerprint density at radius 2 is 1.50 bits per heavy atom. The van der Waals surface area contributed by atoms with Crippen LogP contribution in [0, 0.1) is 10.1 Å². The third kappa shape index (κ3) is 4.65. The molecule has 7 heteroatoms. The second-order valence-electron chi connectivity index (χ2n) is 9.19. The first-order valence-electron chi connectivity index (χ1n) is 10.2. The standard InChI is InChI=1S/C25H26ClN3O3/c1-24(2,3)17-11-14-21(30)20(15-17)28-27-19-13-12-18(26)22(23(19)29(31)32)25(4,5)16-9-7-6-8-10-16/h6-15,30H,1-5H3. The first-order valence-corrected chi connectivity index (χ1v) is 10.6. The van der Waals surface area contributed by atoms with E-state index in [0.29, 0.717) is 5.56 Å². The van der Waals surface area contributed by atoms with Gasteiger partial charge in [-0.2, -0.15) is 0 Å². The minimum absolute atomic E-state index is 0.0526. The molecule has 0 aromatic heterocycles. The van der Waals surface area contributed by atoms with Crippen LogP contribution >= 0.6 is 11.6 Å². The summed E-state index contributed by atoms with van der Waals surface area (Å²) in [5.41, 5.74) is 1.40. The van der Waals surface area contributed by atoms with Gasteiger partial charge in [0, 0.05) is 5.41 Å². The van der Waals surface area contributed by atoms with Gasteiger partial charge in [-0.25, -0.2) is 0 Å². The lowest BCUT2D eigenvalue weighted by Gasteiger charge is -2.27. The zero-order valence-corrected chi connectivity index (χ0v) is 19.5. The SMILES string of the molecule is CC(C)(C)c1ccc(O)c(N=Nc2ccc(Cl)c(C(C)(C)c3ccccc3)c2[N+](=O)[O-])c1. The van der Waals surface area contributed by atoms with Crippen LogP contribution in [0.5, 0.6) is 5.75 Å². The van der Waals surface area contributed by atoms with Gasteiger partial charge in [0.05, 0.1) is 15.5 Å². The lowest BCUT2D eigenvalue weighted by Crippen LogP contribution is -2.21. The van der Waals surface area contributed by atoms with Crippen LogP contribution in [-0.2, 0) is 10.8 Å². The lowest BCUT2D eigenvalue weighted by molar-refractivity contribution is -0.385. The molecule has 0 saturated heterocycles. The Bertz CT molecular complexity index is 1180. The summed E-state index contributed by atoms with van der Waals surface area (Å²) in [6.45, 7) is 9.90. The molecule has 0 aliphatic heterocycles. The highest BCUT2D eigenvalue weighted by atomic mass is 35.5. The smallest absolute Gasteiger partial charge is 0.302 e. The summed E-state index contributed by atoms with van der Waals surface area (Å²) in [7, 11) is 0. The largest absolute Gasteiger partial charge is 0.506 e. The van der Waals surface area contributed by atoms with Crippen molar-refractivity contribution in [3.63, 3.8) is 0 Å². The van der Waals surface area contributed by atoms with Gasteiger partial charge in [-0.05, 0) is 40.8 Å². The van der Waals surface area contributed by atoms with E-state index in [2.05, 4.69) is 10.2 Å². The van der Waals surface area contributed by atoms with Crippen molar-refractivity contribution in [1.29, 1.82) is 0 Å². The van der Waals surface area contributed by atoms with Crippen LogP contribution in [0.1, 0.15) is 51.3 Å². The minimum atomic E-state index is -0.749. The summed E-state index contributed by atoms with van der Waals surface area (Å²) in [4.78, 5) is 11.7. The van der Waals surface area contributed by atoms with Crippen molar-refractivity contribution in [2.45, 2.75) is 45.4 Å². The summed E-state index contributed by atoms with van der Waals surface area (Å²) < 4.78 is 0. The number of azo groups is 1. The van der Waals surface area contributed by atoms with E-state index >= 15 is 0 Å². The maximum absolute atomic E-state index is 12.1. The topological polar surface area (TPSA) is 88.1 Å². The van der Waals surface area contributed by atoms with Crippen LogP contribution in [0.3, 0.4) is 0 Å². The molecule has 0 fully saturated rings. The normalized spacial score (nSPS) is 12.3. The van der Waals surface area contributed by atoms with E-state index in [1.54, 1.807) is 18.2 Å². The second-order valence-corrected chi connectivity index (χ2v) is 9.60. The van der Waals surface area contributed by atoms with Gasteiger partial charge < -0.3 is 5.11 Å². The molecule has 1 N–H and O–H groups in total. The molecule has 0 aliphatic rings. The summed E-state index contributed by atoms with van der Waals surface area (Å²) in [5.74, 6) is -0.0526. The molecular formula is C25H26ClN3O3. The molecule has 0 atom stereocenters. The number of rotatable bonds is 5. The van der Waals surface area contributed by atoms with Gasteiger partial charge in [-0.15, -0.1) is 10.2 Å². The van der Waals surface area contributed by atoms with E-state index in [-0.39, 0.29) is 33.2 Å². The molecule has 0 bridgehead atoms. The number of nitro groups is 1. The molecule has 3 rings (SSSR count). The Kier molecular flexibility index (Phi) is 6.37. The highest BCUT2D eigenvalue weighted by molar-refractivity contribution is 6.32. The van der Waals surface area contributed by atoms with Crippen LogP contribution in [0.25, 0.3) is 0 Å². The third-order valence-corrected chi connectivity index (χ3v) is 5.83. The Balaban J connectivity index is 2.16. The zero-order chi connectivity index (χ0) is 23.7. The van der Waals surface area contributed by atoms with Crippen molar-refractivity contribution in [1.82, 2.24) is 0 Å². The van der Waals surface area contributed by atoms with E-state index in [9.17, 15) is 15.2 Å². The number of nitro benzene ring substituents is 1. The Labute approximate surface area is 192 Å². The fraction of sp³-hybridized carbons (Fsp3) is 0.280. The molecule has 3 aromatic rings. The summed E-state index contributed by atoms with van der Waals surface area (Å²) in [6, 6.07) is 17.6. The summed E-state index contributed by atoms with van der Waals surface area (Å²) >= 11 is 6.48. The van der Waals surface area contributed by atoms with Gasteiger partial charge in [0.15, 0.2) is 5.69 Å². The van der Waals surface area contributed by atoms with Gasteiger partial charge in [-0.3, -0.25) is 10.1 Å². The van der Waals surface area contributed by atoms with Crippen molar-refractivity contribution in [3.05, 3.63) is 92.5 Å². The van der Waals surface area contributed by atoms with Gasteiger partial charge in [-0.1, -0.05) is 82.6 Å². The summed E-state index contributed by atoms with van der Waals surface area (Å²) in [5, 5.41) is 30.9. The third-order valence-electron chi connectivity index (χ3n) is 5.52. The van der Waals surface area contributed by atoms with E-state index in [4.69, 9.17) is 11.6 Å². The van der Waals surface area contributed by atoms with Crippen LogP contribution in [-0.4, -0.2) is 10.0 Å². The number of benzene rings is 3. The van der Waals surface area contributed by atoms with Crippen LogP contribution < -0.4 is 0 Å². The van der Waals surface area contributed by atoms with E-state index in [1.165, 1.54) is 6.07 Å². The first-order chi connectivity index (χ1) is 14.9. The van der Waals surface area contributed by atoms with Gasteiger partial charge in [0.25, 0.3) is 0 Å². The molecule has 0 radical (unpaired) electrons. The molecule has 0 saturated carbocycles. The molecule has 6 nitrogen and oxygen atoms in total. The zero-order valence-electron chi connectivity index (χ0n) is 18.8. The first kappa shape index (κ1) is 23.4. The Morgan fingerprint density at radius 1 is 0.875 bits per heavy atom. The highest BCUT2D eigenvalue weighted by Crippen LogP contribution is 2.46. The molecule has 0 aliphatic carbocycles. The number of aromatic hydroxyl groups is 1. The number of phenols is 1. The molecule has 166 valence electrons. The number of nitrogens with zero attached hydrogens (tertiary/aromatic N) is 3. The number of hydrogen-bond donors (Lipinski definition) is 1. The maximum Gasteiger partial charge on any atom is 0.302 e. The Morgan fingerprint density at radius 3 is 2.09 bits per heavy atom. The van der Waals surface area contributed by atoms with E-state index in [0.717, 1.165) is 11.1 Å². The van der Waals surface area contributed by atoms with Crippen molar-refractivity contribution < 1.29 is 10.0 Å². The highest BCUT2D eigenvalue weighted by Gasteiger charge is 2.35. The van der Waals surface area contributed by atoms with Crippen molar-refractivity contribution in [2.75, 3.05) is 0 Å². The molecular weight excluding hydrogens is 426 g/mol. The Hall–Kier alpha value is -3.25. The average molecular weight is 452 g/mol. The van der Waals surface area contributed by atoms with Crippen LogP contribution in [0.15, 0.2) is 70.9 Å². The molecule has 0 spiro atoms. The van der Waals surface area contributed by atoms with Crippen molar-refractivity contribution in [3.8, 4) is 5.75 Å². The van der Waals surface area contributed by atoms with Gasteiger partial charge in [0.2, 0.25) is 0 Å².